The van der Waals surface area contributed by atoms with E-state index in [4.69, 9.17) is 15.2 Å². The normalized spacial score (nSPS) is 17.4. The summed E-state index contributed by atoms with van der Waals surface area (Å²) in [6.45, 7) is 5.63. The molecule has 0 aromatic heterocycles. The third-order valence-electron chi connectivity index (χ3n) is 3.04. The first-order valence-corrected chi connectivity index (χ1v) is 5.78. The molecule has 2 rings (SSSR count). The van der Waals surface area contributed by atoms with E-state index in [1.54, 1.807) is 0 Å². The molecule has 0 amide bonds. The van der Waals surface area contributed by atoms with Crippen LogP contribution < -0.4 is 10.5 Å². The van der Waals surface area contributed by atoms with Gasteiger partial charge in [0.05, 0.1) is 13.2 Å². The van der Waals surface area contributed by atoms with Gasteiger partial charge in [0.2, 0.25) is 0 Å². The van der Waals surface area contributed by atoms with Crippen molar-refractivity contribution in [2.75, 3.05) is 18.9 Å². The van der Waals surface area contributed by atoms with Crippen LogP contribution in [0.3, 0.4) is 0 Å². The minimum Gasteiger partial charge on any atom is -0.490 e. The molecule has 3 nitrogen and oxygen atoms in total. The highest BCUT2D eigenvalue weighted by atomic mass is 16.5. The maximum absolute atomic E-state index is 5.94. The zero-order valence-corrected chi connectivity index (χ0v) is 9.95. The molecule has 1 aromatic rings. The number of ether oxygens (including phenoxy) is 2. The van der Waals surface area contributed by atoms with Crippen LogP contribution in [-0.2, 0) is 4.74 Å². The Hall–Kier alpha value is -1.22. The van der Waals surface area contributed by atoms with Gasteiger partial charge in [-0.3, -0.25) is 0 Å². The van der Waals surface area contributed by atoms with Crippen LogP contribution in [0, 0.1) is 13.8 Å². The van der Waals surface area contributed by atoms with Gasteiger partial charge in [0.15, 0.2) is 0 Å². The van der Waals surface area contributed by atoms with Crippen molar-refractivity contribution in [1.82, 2.24) is 0 Å². The fourth-order valence-electron chi connectivity index (χ4n) is 1.99. The second-order valence-electron chi connectivity index (χ2n) is 4.40. The fourth-order valence-corrected chi connectivity index (χ4v) is 1.99. The summed E-state index contributed by atoms with van der Waals surface area (Å²) in [6.07, 6.45) is 2.24. The first-order valence-electron chi connectivity index (χ1n) is 5.78. The molecule has 1 aliphatic rings. The zero-order chi connectivity index (χ0) is 11.5. The SMILES string of the molecule is Cc1cc(OC2CCOCC2)cc(C)c1N. The minimum atomic E-state index is 0.288. The summed E-state index contributed by atoms with van der Waals surface area (Å²) in [5.74, 6) is 0.927. The van der Waals surface area contributed by atoms with Crippen LogP contribution in [0.15, 0.2) is 12.1 Å². The summed E-state index contributed by atoms with van der Waals surface area (Å²) in [7, 11) is 0. The topological polar surface area (TPSA) is 44.5 Å². The molecule has 0 unspecified atom stereocenters. The Balaban J connectivity index is 2.09. The number of benzene rings is 1. The predicted molar refractivity (Wildman–Crippen MR) is 64.8 cm³/mol. The number of nitrogen functional groups attached to an aromatic ring is 1. The van der Waals surface area contributed by atoms with Crippen LogP contribution in [0.4, 0.5) is 5.69 Å². The molecule has 3 heteroatoms. The van der Waals surface area contributed by atoms with Gasteiger partial charge in [-0.15, -0.1) is 0 Å². The predicted octanol–water partition coefficient (Wildman–Crippen LogP) is 2.44. The molecule has 88 valence electrons. The fraction of sp³-hybridized carbons (Fsp3) is 0.538. The summed E-state index contributed by atoms with van der Waals surface area (Å²) in [6, 6.07) is 4.02. The Morgan fingerprint density at radius 2 is 1.75 bits per heavy atom. The highest BCUT2D eigenvalue weighted by Gasteiger charge is 2.15. The number of anilines is 1. The number of nitrogens with two attached hydrogens (primary N) is 1. The van der Waals surface area contributed by atoms with Crippen molar-refractivity contribution in [1.29, 1.82) is 0 Å². The Morgan fingerprint density at radius 3 is 2.31 bits per heavy atom. The van der Waals surface area contributed by atoms with Gasteiger partial charge in [-0.05, 0) is 37.1 Å². The third-order valence-corrected chi connectivity index (χ3v) is 3.04. The minimum absolute atomic E-state index is 0.288. The molecular weight excluding hydrogens is 202 g/mol. The van der Waals surface area contributed by atoms with Gasteiger partial charge in [-0.2, -0.15) is 0 Å². The molecule has 1 aromatic carbocycles. The second kappa shape index (κ2) is 4.74. The van der Waals surface area contributed by atoms with E-state index in [1.807, 2.05) is 26.0 Å². The van der Waals surface area contributed by atoms with E-state index in [9.17, 15) is 0 Å². The van der Waals surface area contributed by atoms with Gasteiger partial charge in [0.1, 0.15) is 11.9 Å². The Bertz CT molecular complexity index is 347. The molecule has 2 N–H and O–H groups in total. The van der Waals surface area contributed by atoms with Crippen molar-refractivity contribution < 1.29 is 9.47 Å². The first-order chi connectivity index (χ1) is 7.66. The third kappa shape index (κ3) is 2.47. The van der Waals surface area contributed by atoms with Crippen LogP contribution in [0.25, 0.3) is 0 Å². The van der Waals surface area contributed by atoms with Gasteiger partial charge in [-0.1, -0.05) is 0 Å². The van der Waals surface area contributed by atoms with Gasteiger partial charge in [-0.25, -0.2) is 0 Å². The van der Waals surface area contributed by atoms with Crippen molar-refractivity contribution in [3.8, 4) is 5.75 Å². The molecule has 0 spiro atoms. The average molecular weight is 221 g/mol. The van der Waals surface area contributed by atoms with E-state index in [-0.39, 0.29) is 6.10 Å². The molecular formula is C13H19NO2. The first kappa shape index (κ1) is 11.3. The maximum Gasteiger partial charge on any atom is 0.120 e. The van der Waals surface area contributed by atoms with E-state index in [2.05, 4.69) is 0 Å². The quantitative estimate of drug-likeness (QED) is 0.780. The second-order valence-corrected chi connectivity index (χ2v) is 4.40. The monoisotopic (exact) mass is 221 g/mol. The van der Waals surface area contributed by atoms with Gasteiger partial charge in [0, 0.05) is 18.5 Å². The van der Waals surface area contributed by atoms with Crippen molar-refractivity contribution >= 4 is 5.69 Å². The highest BCUT2D eigenvalue weighted by molar-refractivity contribution is 5.56. The largest absolute Gasteiger partial charge is 0.490 e. The molecule has 0 radical (unpaired) electrons. The molecule has 1 heterocycles. The van der Waals surface area contributed by atoms with Crippen LogP contribution in [0.5, 0.6) is 5.75 Å². The molecule has 1 saturated heterocycles. The lowest BCUT2D eigenvalue weighted by atomic mass is 10.1. The van der Waals surface area contributed by atoms with E-state index >= 15 is 0 Å². The number of rotatable bonds is 2. The summed E-state index contributed by atoms with van der Waals surface area (Å²) in [5, 5.41) is 0. The van der Waals surface area contributed by atoms with E-state index < -0.39 is 0 Å². The zero-order valence-electron chi connectivity index (χ0n) is 9.95. The van der Waals surface area contributed by atoms with Crippen LogP contribution in [0.2, 0.25) is 0 Å². The molecule has 1 fully saturated rings. The Kier molecular flexibility index (Phi) is 3.34. The van der Waals surface area contributed by atoms with Gasteiger partial charge >= 0.3 is 0 Å². The average Bonchev–Trinajstić information content (AvgIpc) is 2.27. The van der Waals surface area contributed by atoms with Gasteiger partial charge < -0.3 is 15.2 Å². The van der Waals surface area contributed by atoms with Crippen LogP contribution in [0.1, 0.15) is 24.0 Å². The number of hydrogen-bond donors (Lipinski definition) is 1. The molecule has 16 heavy (non-hydrogen) atoms. The van der Waals surface area contributed by atoms with Crippen LogP contribution >= 0.6 is 0 Å². The molecule has 0 saturated carbocycles. The van der Waals surface area contributed by atoms with Crippen LogP contribution in [-0.4, -0.2) is 19.3 Å². The molecule has 0 bridgehead atoms. The summed E-state index contributed by atoms with van der Waals surface area (Å²) in [4.78, 5) is 0. The van der Waals surface area contributed by atoms with Gasteiger partial charge in [0.25, 0.3) is 0 Å². The lowest BCUT2D eigenvalue weighted by Crippen LogP contribution is -2.25. The smallest absolute Gasteiger partial charge is 0.120 e. The number of aryl methyl sites for hydroxylation is 2. The standard InChI is InChI=1S/C13H19NO2/c1-9-7-12(8-10(2)13(9)14)16-11-3-5-15-6-4-11/h7-8,11H,3-6,14H2,1-2H3. The lowest BCUT2D eigenvalue weighted by Gasteiger charge is -2.24. The molecule has 0 aliphatic carbocycles. The van der Waals surface area contributed by atoms with E-state index in [0.717, 1.165) is 48.6 Å². The van der Waals surface area contributed by atoms with Crippen molar-refractivity contribution in [2.24, 2.45) is 0 Å². The van der Waals surface area contributed by atoms with Crippen molar-refractivity contribution in [3.63, 3.8) is 0 Å². The lowest BCUT2D eigenvalue weighted by molar-refractivity contribution is 0.0255. The maximum atomic E-state index is 5.94. The van der Waals surface area contributed by atoms with E-state index in [0.29, 0.717) is 0 Å². The summed E-state index contributed by atoms with van der Waals surface area (Å²) < 4.78 is 11.2. The molecule has 1 aliphatic heterocycles. The van der Waals surface area contributed by atoms with Crippen molar-refractivity contribution in [3.05, 3.63) is 23.3 Å². The van der Waals surface area contributed by atoms with Crippen molar-refractivity contribution in [2.45, 2.75) is 32.8 Å². The summed E-state index contributed by atoms with van der Waals surface area (Å²) >= 11 is 0. The molecule has 0 atom stereocenters. The summed E-state index contributed by atoms with van der Waals surface area (Å²) in [5.41, 5.74) is 8.94. The van der Waals surface area contributed by atoms with E-state index in [1.165, 1.54) is 0 Å². The highest BCUT2D eigenvalue weighted by Crippen LogP contribution is 2.25. The Morgan fingerprint density at radius 1 is 1.19 bits per heavy atom. The number of hydrogen-bond acceptors (Lipinski definition) is 3. The Labute approximate surface area is 96.5 Å².